The van der Waals surface area contributed by atoms with Gasteiger partial charge in [0.15, 0.2) is 0 Å². The van der Waals surface area contributed by atoms with Crippen LogP contribution >= 0.6 is 11.3 Å². The predicted octanol–water partition coefficient (Wildman–Crippen LogP) is 2.63. The summed E-state index contributed by atoms with van der Waals surface area (Å²) in [7, 11) is 0. The first-order chi connectivity index (χ1) is 11.8. The number of thiophene rings is 1. The third kappa shape index (κ3) is 3.37. The van der Waals surface area contributed by atoms with Crippen LogP contribution in [0.15, 0.2) is 22.0 Å². The molecule has 7 heteroatoms. The largest absolute Gasteiger partial charge is 0.340 e. The Balaban J connectivity index is 1.29. The predicted molar refractivity (Wildman–Crippen MR) is 91.4 cm³/mol. The van der Waals surface area contributed by atoms with E-state index in [2.05, 4.69) is 15.0 Å². The van der Waals surface area contributed by atoms with E-state index in [0.717, 1.165) is 43.9 Å². The van der Waals surface area contributed by atoms with Crippen LogP contribution in [0.5, 0.6) is 0 Å². The smallest absolute Gasteiger partial charge is 0.241 e. The molecule has 1 saturated heterocycles. The average Bonchev–Trinajstić information content (AvgIpc) is 3.36. The number of carbonyl (C=O) groups excluding carboxylic acids is 1. The standard InChI is InChI=1S/C17H22N4O2S/c22-17(13-4-1-2-5-13)21-9-7-20(8-10-21)12-15-18-16(19-23-15)14-6-3-11-24-14/h3,6,11,13H,1-2,4-5,7-10,12H2. The van der Waals surface area contributed by atoms with Crippen molar-refractivity contribution in [1.29, 1.82) is 0 Å². The van der Waals surface area contributed by atoms with Crippen LogP contribution in [-0.4, -0.2) is 52.0 Å². The lowest BCUT2D eigenvalue weighted by Crippen LogP contribution is -2.49. The number of nitrogens with zero attached hydrogens (tertiary/aromatic N) is 4. The maximum Gasteiger partial charge on any atom is 0.241 e. The minimum absolute atomic E-state index is 0.279. The highest BCUT2D eigenvalue weighted by atomic mass is 32.1. The molecule has 1 aliphatic carbocycles. The summed E-state index contributed by atoms with van der Waals surface area (Å²) in [5.41, 5.74) is 0. The van der Waals surface area contributed by atoms with Crippen molar-refractivity contribution in [3.8, 4) is 10.7 Å². The van der Waals surface area contributed by atoms with E-state index < -0.39 is 0 Å². The maximum atomic E-state index is 12.5. The van der Waals surface area contributed by atoms with Gasteiger partial charge in [-0.2, -0.15) is 4.98 Å². The van der Waals surface area contributed by atoms with Crippen molar-refractivity contribution in [2.24, 2.45) is 5.92 Å². The summed E-state index contributed by atoms with van der Waals surface area (Å²) < 4.78 is 5.37. The van der Waals surface area contributed by atoms with Crippen molar-refractivity contribution >= 4 is 17.2 Å². The van der Waals surface area contributed by atoms with Crippen molar-refractivity contribution in [2.75, 3.05) is 26.2 Å². The molecule has 0 spiro atoms. The molecule has 2 fully saturated rings. The molecule has 24 heavy (non-hydrogen) atoms. The van der Waals surface area contributed by atoms with Crippen molar-refractivity contribution in [2.45, 2.75) is 32.2 Å². The zero-order valence-electron chi connectivity index (χ0n) is 13.7. The Kier molecular flexibility index (Phi) is 4.62. The summed E-state index contributed by atoms with van der Waals surface area (Å²) in [5, 5.41) is 6.06. The van der Waals surface area contributed by atoms with Crippen LogP contribution in [0, 0.1) is 5.92 Å². The molecule has 0 unspecified atom stereocenters. The second kappa shape index (κ2) is 7.03. The van der Waals surface area contributed by atoms with Gasteiger partial charge in [0.25, 0.3) is 0 Å². The molecule has 1 amide bonds. The summed E-state index contributed by atoms with van der Waals surface area (Å²) in [6.45, 7) is 4.01. The van der Waals surface area contributed by atoms with Crippen LogP contribution < -0.4 is 0 Å². The molecule has 6 nitrogen and oxygen atoms in total. The molecule has 4 rings (SSSR count). The van der Waals surface area contributed by atoms with Crippen molar-refractivity contribution in [3.05, 3.63) is 23.4 Å². The van der Waals surface area contributed by atoms with E-state index in [1.165, 1.54) is 12.8 Å². The van der Waals surface area contributed by atoms with Gasteiger partial charge < -0.3 is 9.42 Å². The highest BCUT2D eigenvalue weighted by Gasteiger charge is 2.29. The van der Waals surface area contributed by atoms with Crippen molar-refractivity contribution < 1.29 is 9.32 Å². The Morgan fingerprint density at radius 1 is 1.25 bits per heavy atom. The van der Waals surface area contributed by atoms with E-state index in [-0.39, 0.29) is 5.92 Å². The molecule has 0 atom stereocenters. The highest BCUT2D eigenvalue weighted by Crippen LogP contribution is 2.27. The minimum Gasteiger partial charge on any atom is -0.340 e. The Morgan fingerprint density at radius 3 is 2.75 bits per heavy atom. The molecule has 2 aliphatic rings. The fourth-order valence-electron chi connectivity index (χ4n) is 3.57. The first-order valence-corrected chi connectivity index (χ1v) is 9.55. The Hall–Kier alpha value is -1.73. The number of carbonyl (C=O) groups is 1. The number of hydrogen-bond donors (Lipinski definition) is 0. The summed E-state index contributed by atoms with van der Waals surface area (Å²) in [4.78, 5) is 22.3. The molecule has 2 aromatic rings. The lowest BCUT2D eigenvalue weighted by molar-refractivity contribution is -0.137. The number of rotatable bonds is 4. The average molecular weight is 346 g/mol. The maximum absolute atomic E-state index is 12.5. The van der Waals surface area contributed by atoms with Crippen molar-refractivity contribution in [3.63, 3.8) is 0 Å². The van der Waals surface area contributed by atoms with Crippen LogP contribution in [-0.2, 0) is 11.3 Å². The van der Waals surface area contributed by atoms with E-state index in [1.807, 2.05) is 22.4 Å². The molecular formula is C17H22N4O2S. The molecule has 128 valence electrons. The van der Waals surface area contributed by atoms with Gasteiger partial charge in [0.2, 0.25) is 17.6 Å². The first-order valence-electron chi connectivity index (χ1n) is 8.67. The van der Waals surface area contributed by atoms with Crippen LogP contribution in [0.25, 0.3) is 10.7 Å². The number of hydrogen-bond acceptors (Lipinski definition) is 6. The zero-order chi connectivity index (χ0) is 16.4. The second-order valence-electron chi connectivity index (χ2n) is 6.57. The van der Waals surface area contributed by atoms with E-state index >= 15 is 0 Å². The van der Waals surface area contributed by atoms with Gasteiger partial charge in [-0.3, -0.25) is 9.69 Å². The molecule has 0 aromatic carbocycles. The van der Waals surface area contributed by atoms with Gasteiger partial charge in [-0.15, -0.1) is 11.3 Å². The third-order valence-corrected chi connectivity index (χ3v) is 5.82. The van der Waals surface area contributed by atoms with Gasteiger partial charge in [-0.1, -0.05) is 24.1 Å². The fourth-order valence-corrected chi connectivity index (χ4v) is 4.22. The molecule has 3 heterocycles. The first kappa shape index (κ1) is 15.8. The number of amides is 1. The van der Waals surface area contributed by atoms with Gasteiger partial charge in [0, 0.05) is 32.1 Å². The molecule has 1 saturated carbocycles. The van der Waals surface area contributed by atoms with Crippen LogP contribution in [0.2, 0.25) is 0 Å². The molecule has 0 bridgehead atoms. The topological polar surface area (TPSA) is 62.5 Å². The third-order valence-electron chi connectivity index (χ3n) is 4.96. The summed E-state index contributed by atoms with van der Waals surface area (Å²) >= 11 is 1.61. The molecule has 2 aromatic heterocycles. The van der Waals surface area contributed by atoms with Crippen molar-refractivity contribution in [1.82, 2.24) is 19.9 Å². The monoisotopic (exact) mass is 346 g/mol. The van der Waals surface area contributed by atoms with Gasteiger partial charge in [-0.05, 0) is 24.3 Å². The van der Waals surface area contributed by atoms with E-state index in [4.69, 9.17) is 4.52 Å². The van der Waals surface area contributed by atoms with Gasteiger partial charge in [-0.25, -0.2) is 0 Å². The Morgan fingerprint density at radius 2 is 2.04 bits per heavy atom. The normalized spacial score (nSPS) is 19.9. The molecule has 1 aliphatic heterocycles. The highest BCUT2D eigenvalue weighted by molar-refractivity contribution is 7.13. The lowest BCUT2D eigenvalue weighted by atomic mass is 10.1. The second-order valence-corrected chi connectivity index (χ2v) is 7.52. The zero-order valence-corrected chi connectivity index (χ0v) is 14.5. The van der Waals surface area contributed by atoms with Crippen LogP contribution in [0.1, 0.15) is 31.6 Å². The van der Waals surface area contributed by atoms with Gasteiger partial charge in [0.1, 0.15) is 0 Å². The quantitative estimate of drug-likeness (QED) is 0.852. The van der Waals surface area contributed by atoms with E-state index in [9.17, 15) is 4.79 Å². The minimum atomic E-state index is 0.279. The summed E-state index contributed by atoms with van der Waals surface area (Å²) in [5.74, 6) is 1.95. The Labute approximate surface area is 145 Å². The van der Waals surface area contributed by atoms with Gasteiger partial charge >= 0.3 is 0 Å². The van der Waals surface area contributed by atoms with Gasteiger partial charge in [0.05, 0.1) is 11.4 Å². The molecule has 0 N–H and O–H groups in total. The summed E-state index contributed by atoms with van der Waals surface area (Å²) in [6, 6.07) is 3.98. The SMILES string of the molecule is O=C(C1CCCC1)N1CCN(Cc2nc(-c3cccs3)no2)CC1. The van der Waals surface area contributed by atoms with E-state index in [0.29, 0.717) is 24.2 Å². The summed E-state index contributed by atoms with van der Waals surface area (Å²) in [6.07, 6.45) is 4.57. The number of aromatic nitrogens is 2. The lowest BCUT2D eigenvalue weighted by Gasteiger charge is -2.35. The molecule has 0 radical (unpaired) electrons. The van der Waals surface area contributed by atoms with E-state index in [1.54, 1.807) is 11.3 Å². The number of piperazine rings is 1. The fraction of sp³-hybridized carbons (Fsp3) is 0.588. The van der Waals surface area contributed by atoms with Crippen LogP contribution in [0.3, 0.4) is 0 Å². The Bertz CT molecular complexity index is 671. The molecular weight excluding hydrogens is 324 g/mol. The van der Waals surface area contributed by atoms with Crippen LogP contribution in [0.4, 0.5) is 0 Å².